The lowest BCUT2D eigenvalue weighted by atomic mass is 10.1. The molecule has 1 aliphatic heterocycles. The monoisotopic (exact) mass is 331 g/mol. The number of hydrazine groups is 1. The molecule has 2 aromatic rings. The van der Waals surface area contributed by atoms with E-state index in [1.165, 1.54) is 29.7 Å². The van der Waals surface area contributed by atoms with E-state index in [0.717, 1.165) is 5.31 Å². The first-order valence-corrected chi connectivity index (χ1v) is 7.88. The molecular weight excluding hydrogens is 313 g/mol. The maximum atomic E-state index is 13.1. The fraction of sp³-hybridized carbons (Fsp3) is 0.250. The number of hydrogen-bond donors (Lipinski definition) is 1. The molecule has 0 spiro atoms. The van der Waals surface area contributed by atoms with Gasteiger partial charge in [-0.05, 0) is 30.7 Å². The van der Waals surface area contributed by atoms with Crippen LogP contribution in [-0.4, -0.2) is 23.2 Å². The number of rotatable bonds is 4. The Hall–Kier alpha value is -2.59. The average molecular weight is 331 g/mol. The van der Waals surface area contributed by atoms with Crippen LogP contribution < -0.4 is 10.3 Å². The highest BCUT2D eigenvalue weighted by molar-refractivity contribution is 7.16. The highest BCUT2D eigenvalue weighted by Gasteiger charge is 2.24. The summed E-state index contributed by atoms with van der Waals surface area (Å²) in [5.41, 5.74) is 1.13. The minimum atomic E-state index is -1.27. The van der Waals surface area contributed by atoms with Crippen LogP contribution >= 0.6 is 11.3 Å². The quantitative estimate of drug-likeness (QED) is 0.932. The van der Waals surface area contributed by atoms with Crippen molar-refractivity contribution in [2.45, 2.75) is 19.5 Å². The topological polar surface area (TPSA) is 55.2 Å². The Bertz CT molecular complexity index is 847. The Morgan fingerprint density at radius 1 is 1.57 bits per heavy atom. The molecule has 118 valence electrons. The zero-order valence-electron chi connectivity index (χ0n) is 14.7. The lowest BCUT2D eigenvalue weighted by Crippen LogP contribution is -2.44. The third-order valence-corrected chi connectivity index (χ3v) is 4.47. The molecule has 1 N–H and O–H groups in total. The van der Waals surface area contributed by atoms with Crippen LogP contribution in [0.2, 0.25) is 1.41 Å². The van der Waals surface area contributed by atoms with Gasteiger partial charge in [0.05, 0.1) is 1.37 Å². The summed E-state index contributed by atoms with van der Waals surface area (Å²) in [7, 11) is 1.73. The Morgan fingerprint density at radius 3 is 2.96 bits per heavy atom. The standard InChI is InChI=1S/C16H16FN5S/c1-3-14-19-8-9-22(14)21(2)16-20-15(13(10-18)23-16)11-4-6-12(17)7-5-11/h4-9,14,19H,3H2,1-2H3/i14D/hD. The van der Waals surface area contributed by atoms with Crippen LogP contribution in [0.15, 0.2) is 36.7 Å². The number of thiazole rings is 1. The molecular formula is C16H16FN5S. The van der Waals surface area contributed by atoms with Gasteiger partial charge in [0.1, 0.15) is 28.6 Å². The van der Waals surface area contributed by atoms with E-state index >= 15 is 0 Å². The number of nitrogens with one attached hydrogen (secondary N) is 1. The SMILES string of the molecule is [2H]N1C=CN(N(C)c2nc(-c3ccc(F)cc3)c(C#N)s2)C1([2H])CC. The van der Waals surface area contributed by atoms with E-state index in [1.54, 1.807) is 35.4 Å². The van der Waals surface area contributed by atoms with Crippen LogP contribution in [0.4, 0.5) is 9.52 Å². The molecule has 1 aromatic carbocycles. The largest absolute Gasteiger partial charge is 0.369 e. The summed E-state index contributed by atoms with van der Waals surface area (Å²) in [4.78, 5) is 4.92. The molecule has 23 heavy (non-hydrogen) atoms. The van der Waals surface area contributed by atoms with Crippen LogP contribution in [0.3, 0.4) is 0 Å². The fourth-order valence-corrected chi connectivity index (χ4v) is 3.12. The summed E-state index contributed by atoms with van der Waals surface area (Å²) < 4.78 is 29.5. The number of anilines is 1. The smallest absolute Gasteiger partial charge is 0.206 e. The second-order valence-corrected chi connectivity index (χ2v) is 5.84. The van der Waals surface area contributed by atoms with Crippen molar-refractivity contribution < 1.29 is 7.17 Å². The summed E-state index contributed by atoms with van der Waals surface area (Å²) in [6, 6.07) is 7.94. The van der Waals surface area contributed by atoms with Gasteiger partial charge in [0.2, 0.25) is 5.13 Å². The number of nitrogens with zero attached hydrogens (tertiary/aromatic N) is 4. The van der Waals surface area contributed by atoms with Gasteiger partial charge in [-0.3, -0.25) is 10.0 Å². The lowest BCUT2D eigenvalue weighted by molar-refractivity contribution is 0.263. The molecule has 0 aliphatic carbocycles. The summed E-state index contributed by atoms with van der Waals surface area (Å²) >= 11 is 1.19. The van der Waals surface area contributed by atoms with Gasteiger partial charge in [-0.2, -0.15) is 5.26 Å². The molecule has 1 aliphatic rings. The van der Waals surface area contributed by atoms with E-state index in [0.29, 0.717) is 27.7 Å². The number of nitriles is 1. The van der Waals surface area contributed by atoms with Gasteiger partial charge >= 0.3 is 0 Å². The van der Waals surface area contributed by atoms with Gasteiger partial charge in [-0.25, -0.2) is 9.37 Å². The van der Waals surface area contributed by atoms with Crippen molar-refractivity contribution in [3.63, 3.8) is 0 Å². The highest BCUT2D eigenvalue weighted by atomic mass is 32.1. The first kappa shape index (κ1) is 12.9. The molecule has 2 heterocycles. The van der Waals surface area contributed by atoms with Gasteiger partial charge < -0.3 is 5.31 Å². The predicted octanol–water partition coefficient (Wildman–Crippen LogP) is 3.28. The fourth-order valence-electron chi connectivity index (χ4n) is 2.27. The van der Waals surface area contributed by atoms with Crippen molar-refractivity contribution >= 4 is 16.5 Å². The van der Waals surface area contributed by atoms with E-state index in [1.807, 2.05) is 6.92 Å². The first-order valence-electron chi connectivity index (χ1n) is 8.02. The first-order chi connectivity index (χ1) is 11.9. The van der Waals surface area contributed by atoms with Crippen LogP contribution in [0.25, 0.3) is 11.3 Å². The summed E-state index contributed by atoms with van der Waals surface area (Å²) in [6.07, 6.45) is 2.26. The molecule has 7 heteroatoms. The molecule has 3 rings (SSSR count). The molecule has 0 fully saturated rings. The normalized spacial score (nSPS) is 21.1. The zero-order chi connectivity index (χ0) is 18.2. The van der Waals surface area contributed by atoms with Gasteiger partial charge in [0, 0.05) is 25.0 Å². The van der Waals surface area contributed by atoms with Gasteiger partial charge in [0.15, 0.2) is 1.41 Å². The molecule has 0 saturated heterocycles. The molecule has 0 saturated carbocycles. The van der Waals surface area contributed by atoms with E-state index in [2.05, 4.69) is 11.1 Å². The molecule has 0 bridgehead atoms. The summed E-state index contributed by atoms with van der Waals surface area (Å²) in [6.45, 7) is 1.83. The third kappa shape index (κ3) is 2.85. The molecule has 5 nitrogen and oxygen atoms in total. The van der Waals surface area contributed by atoms with Crippen molar-refractivity contribution in [3.8, 4) is 17.3 Å². The van der Waals surface area contributed by atoms with E-state index in [4.69, 9.17) is 2.78 Å². The van der Waals surface area contributed by atoms with Crippen molar-refractivity contribution in [2.24, 2.45) is 0 Å². The molecule has 1 atom stereocenters. The van der Waals surface area contributed by atoms with Crippen molar-refractivity contribution in [1.29, 1.82) is 5.26 Å². The van der Waals surface area contributed by atoms with E-state index in [-0.39, 0.29) is 5.82 Å². The minimum Gasteiger partial charge on any atom is -0.369 e. The maximum absolute atomic E-state index is 13.1. The molecule has 1 aromatic heterocycles. The Morgan fingerprint density at radius 2 is 2.30 bits per heavy atom. The Labute approximate surface area is 141 Å². The zero-order valence-corrected chi connectivity index (χ0v) is 13.5. The number of benzene rings is 1. The second kappa shape index (κ2) is 6.26. The summed E-state index contributed by atoms with van der Waals surface area (Å²) in [5.74, 6) is -0.352. The third-order valence-electron chi connectivity index (χ3n) is 3.45. The predicted molar refractivity (Wildman–Crippen MR) is 88.8 cm³/mol. The number of aromatic nitrogens is 1. The van der Waals surface area contributed by atoms with Crippen molar-refractivity contribution in [3.05, 3.63) is 47.4 Å². The lowest BCUT2D eigenvalue weighted by Gasteiger charge is -2.32. The van der Waals surface area contributed by atoms with Crippen LogP contribution in [-0.2, 0) is 0 Å². The molecule has 0 radical (unpaired) electrons. The van der Waals surface area contributed by atoms with E-state index < -0.39 is 6.14 Å². The van der Waals surface area contributed by atoms with E-state index in [9.17, 15) is 9.65 Å². The Kier molecular flexibility index (Phi) is 3.51. The van der Waals surface area contributed by atoms with Gasteiger partial charge in [0.25, 0.3) is 0 Å². The number of halogens is 1. The maximum Gasteiger partial charge on any atom is 0.206 e. The highest BCUT2D eigenvalue weighted by Crippen LogP contribution is 2.33. The van der Waals surface area contributed by atoms with Crippen LogP contribution in [0.1, 0.15) is 19.6 Å². The summed E-state index contributed by atoms with van der Waals surface area (Å²) in [5, 5.41) is 14.2. The van der Waals surface area contributed by atoms with Crippen molar-refractivity contribution in [2.75, 3.05) is 12.1 Å². The van der Waals surface area contributed by atoms with Crippen molar-refractivity contribution in [1.82, 2.24) is 15.3 Å². The number of hydrogen-bond acceptors (Lipinski definition) is 6. The minimum absolute atomic E-state index is 0.352. The van der Waals surface area contributed by atoms with Crippen LogP contribution in [0, 0.1) is 17.1 Å². The average Bonchev–Trinajstić information content (AvgIpc) is 3.17. The van der Waals surface area contributed by atoms with Crippen LogP contribution in [0.5, 0.6) is 0 Å². The molecule has 1 unspecified atom stereocenters. The van der Waals surface area contributed by atoms with Gasteiger partial charge in [-0.1, -0.05) is 18.3 Å². The second-order valence-electron chi connectivity index (χ2n) is 4.86. The van der Waals surface area contributed by atoms with Gasteiger partial charge in [-0.15, -0.1) is 0 Å². The Balaban J connectivity index is 1.97. The molecule has 0 amide bonds.